The monoisotopic (exact) mass is 356 g/mol. The number of halogens is 1. The van der Waals surface area contributed by atoms with E-state index in [-0.39, 0.29) is 16.9 Å². The third-order valence-corrected chi connectivity index (χ3v) is 8.37. The molecule has 0 radical (unpaired) electrons. The first-order valence-electron chi connectivity index (χ1n) is 8.15. The van der Waals surface area contributed by atoms with Gasteiger partial charge in [-0.2, -0.15) is 0 Å². The molecule has 5 nitrogen and oxygen atoms in total. The quantitative estimate of drug-likeness (QED) is 0.628. The topological polar surface area (TPSA) is 60.5 Å². The van der Waals surface area contributed by atoms with Crippen molar-refractivity contribution >= 4 is 25.5 Å². The Labute approximate surface area is 145 Å². The number of methoxy groups -OCH3 is 1. The minimum Gasteiger partial charge on any atom is -0.497 e. The maximum atomic E-state index is 15.7. The minimum absolute atomic E-state index is 0.113. The molecule has 1 N–H and O–H groups in total. The Morgan fingerprint density at radius 3 is 2.21 bits per heavy atom. The Hall–Kier alpha value is -1.63. The zero-order valence-corrected chi connectivity index (χ0v) is 16.9. The van der Waals surface area contributed by atoms with Crippen molar-refractivity contribution in [1.29, 1.82) is 0 Å². The van der Waals surface area contributed by atoms with Crippen LogP contribution in [0.3, 0.4) is 0 Å². The second-order valence-electron chi connectivity index (χ2n) is 7.47. The average molecular weight is 357 g/mol. The van der Waals surface area contributed by atoms with Gasteiger partial charge in [-0.3, -0.25) is 5.32 Å². The second kappa shape index (κ2) is 7.50. The van der Waals surface area contributed by atoms with Crippen molar-refractivity contribution < 1.29 is 18.4 Å². The second-order valence-corrected chi connectivity index (χ2v) is 11.9. The summed E-state index contributed by atoms with van der Waals surface area (Å²) in [6.45, 7) is 12.9. The van der Waals surface area contributed by atoms with Crippen LogP contribution in [-0.2, 0) is 4.74 Å². The van der Waals surface area contributed by atoms with Gasteiger partial charge in [0.1, 0.15) is 17.2 Å². The van der Waals surface area contributed by atoms with Crippen molar-refractivity contribution in [1.82, 2.24) is 4.98 Å². The highest BCUT2D eigenvalue weighted by Crippen LogP contribution is 2.35. The first-order valence-corrected chi connectivity index (χ1v) is 10.2. The SMILES string of the molecule is COc1cc(NC(=O)OC(C)(C)C)ncc1[Si](F)(C(C)C)C(C)C. The van der Waals surface area contributed by atoms with Crippen LogP contribution in [0.2, 0.25) is 11.1 Å². The van der Waals surface area contributed by atoms with Crippen LogP contribution in [0.15, 0.2) is 12.3 Å². The smallest absolute Gasteiger partial charge is 0.413 e. The van der Waals surface area contributed by atoms with Gasteiger partial charge >= 0.3 is 6.09 Å². The summed E-state index contributed by atoms with van der Waals surface area (Å²) in [5.74, 6) is 0.682. The molecule has 1 aromatic heterocycles. The Bertz CT molecular complexity index is 578. The molecule has 1 rings (SSSR count). The van der Waals surface area contributed by atoms with Gasteiger partial charge in [0.2, 0.25) is 0 Å². The van der Waals surface area contributed by atoms with Gasteiger partial charge in [-0.25, -0.2) is 9.78 Å². The molecule has 1 amide bonds. The van der Waals surface area contributed by atoms with E-state index in [9.17, 15) is 4.79 Å². The zero-order valence-electron chi connectivity index (χ0n) is 15.9. The summed E-state index contributed by atoms with van der Waals surface area (Å²) in [5, 5.41) is 3.07. The van der Waals surface area contributed by atoms with Crippen LogP contribution in [-0.4, -0.2) is 32.2 Å². The minimum atomic E-state index is -3.28. The van der Waals surface area contributed by atoms with Crippen molar-refractivity contribution in [2.24, 2.45) is 0 Å². The van der Waals surface area contributed by atoms with Gasteiger partial charge in [0, 0.05) is 17.4 Å². The van der Waals surface area contributed by atoms with Crippen molar-refractivity contribution in [2.45, 2.75) is 65.1 Å². The van der Waals surface area contributed by atoms with Crippen LogP contribution in [0, 0.1) is 0 Å². The number of carbonyl (C=O) groups is 1. The van der Waals surface area contributed by atoms with Crippen LogP contribution in [0.1, 0.15) is 48.5 Å². The summed E-state index contributed by atoms with van der Waals surface area (Å²) in [5.41, 5.74) is -0.833. The number of carbonyl (C=O) groups excluding carboxylic acids is 1. The van der Waals surface area contributed by atoms with E-state index in [1.807, 2.05) is 27.7 Å². The summed E-state index contributed by atoms with van der Waals surface area (Å²) in [7, 11) is -1.79. The lowest BCUT2D eigenvalue weighted by atomic mass is 10.2. The average Bonchev–Trinajstić information content (AvgIpc) is 2.43. The molecule has 136 valence electrons. The number of aromatic nitrogens is 1. The van der Waals surface area contributed by atoms with Crippen LogP contribution in [0.4, 0.5) is 14.7 Å². The van der Waals surface area contributed by atoms with Crippen LogP contribution >= 0.6 is 0 Å². The number of ether oxygens (including phenoxy) is 2. The number of anilines is 1. The van der Waals surface area contributed by atoms with Gasteiger partial charge in [-0.1, -0.05) is 27.7 Å². The summed E-state index contributed by atoms with van der Waals surface area (Å²) >= 11 is 0. The normalized spacial score (nSPS) is 12.5. The van der Waals surface area contributed by atoms with Gasteiger partial charge in [0.25, 0.3) is 8.41 Å². The number of hydrogen-bond acceptors (Lipinski definition) is 4. The lowest BCUT2D eigenvalue weighted by molar-refractivity contribution is 0.0635. The van der Waals surface area contributed by atoms with Gasteiger partial charge < -0.3 is 13.6 Å². The first kappa shape index (κ1) is 20.4. The first-order chi connectivity index (χ1) is 10.9. The Morgan fingerprint density at radius 1 is 1.25 bits per heavy atom. The van der Waals surface area contributed by atoms with Crippen molar-refractivity contribution in [3.63, 3.8) is 0 Å². The van der Waals surface area contributed by atoms with E-state index in [2.05, 4.69) is 10.3 Å². The fourth-order valence-electron chi connectivity index (χ4n) is 2.66. The number of hydrogen-bond donors (Lipinski definition) is 1. The van der Waals surface area contributed by atoms with Crippen LogP contribution in [0.25, 0.3) is 0 Å². The molecular weight excluding hydrogens is 327 g/mol. The maximum Gasteiger partial charge on any atom is 0.413 e. The molecule has 24 heavy (non-hydrogen) atoms. The Kier molecular flexibility index (Phi) is 6.38. The number of amides is 1. The van der Waals surface area contributed by atoms with E-state index in [0.29, 0.717) is 10.9 Å². The van der Waals surface area contributed by atoms with Crippen molar-refractivity contribution in [3.8, 4) is 5.75 Å². The summed E-state index contributed by atoms with van der Waals surface area (Å²) in [6, 6.07) is 1.55. The Morgan fingerprint density at radius 2 is 1.79 bits per heavy atom. The summed E-state index contributed by atoms with van der Waals surface area (Å²) < 4.78 is 26.3. The molecule has 0 aliphatic carbocycles. The van der Waals surface area contributed by atoms with E-state index in [1.54, 1.807) is 26.8 Å². The maximum absolute atomic E-state index is 15.7. The van der Waals surface area contributed by atoms with Gasteiger partial charge in [-0.05, 0) is 31.9 Å². The lowest BCUT2D eigenvalue weighted by Gasteiger charge is -2.31. The molecule has 1 heterocycles. The molecule has 0 spiro atoms. The van der Waals surface area contributed by atoms with Gasteiger partial charge in [-0.15, -0.1) is 0 Å². The molecule has 0 unspecified atom stereocenters. The molecule has 1 aromatic rings. The number of rotatable bonds is 5. The molecule has 0 aromatic carbocycles. The van der Waals surface area contributed by atoms with Gasteiger partial charge in [0.05, 0.1) is 7.11 Å². The van der Waals surface area contributed by atoms with Crippen LogP contribution in [0.5, 0.6) is 5.75 Å². The van der Waals surface area contributed by atoms with E-state index >= 15 is 4.11 Å². The van der Waals surface area contributed by atoms with E-state index in [1.165, 1.54) is 13.3 Å². The number of nitrogens with zero attached hydrogens (tertiary/aromatic N) is 1. The predicted molar refractivity (Wildman–Crippen MR) is 97.3 cm³/mol. The van der Waals surface area contributed by atoms with E-state index < -0.39 is 20.1 Å². The highest BCUT2D eigenvalue weighted by molar-refractivity contribution is 6.88. The number of nitrogens with one attached hydrogen (secondary N) is 1. The molecule has 0 aliphatic rings. The van der Waals surface area contributed by atoms with E-state index in [0.717, 1.165) is 0 Å². The third-order valence-electron chi connectivity index (χ3n) is 3.81. The van der Waals surface area contributed by atoms with Crippen LogP contribution < -0.4 is 15.2 Å². The molecule has 0 atom stereocenters. The predicted octanol–water partition coefficient (Wildman–Crippen LogP) is 4.38. The largest absolute Gasteiger partial charge is 0.497 e. The standard InChI is InChI=1S/C17H29FN2O3Si/c1-11(2)24(18,12(3)4)14-10-19-15(9-13(14)22-8)20-16(21)23-17(5,6)7/h9-12H,1-8H3,(H,19,20,21). The van der Waals surface area contributed by atoms with E-state index in [4.69, 9.17) is 9.47 Å². The van der Waals surface area contributed by atoms with Crippen molar-refractivity contribution in [2.75, 3.05) is 12.4 Å². The molecule has 7 heteroatoms. The molecule has 0 saturated carbocycles. The number of pyridine rings is 1. The lowest BCUT2D eigenvalue weighted by Crippen LogP contribution is -2.49. The summed E-state index contributed by atoms with van der Waals surface area (Å²) in [6.07, 6.45) is 0.874. The Balaban J connectivity index is 3.15. The fourth-order valence-corrected chi connectivity index (χ4v) is 6.05. The van der Waals surface area contributed by atoms with Gasteiger partial charge in [0.15, 0.2) is 0 Å². The van der Waals surface area contributed by atoms with Crippen molar-refractivity contribution in [3.05, 3.63) is 12.3 Å². The molecule has 0 bridgehead atoms. The molecular formula is C17H29FN2O3Si. The molecule has 0 fully saturated rings. The third kappa shape index (κ3) is 4.69. The highest BCUT2D eigenvalue weighted by atomic mass is 28.4. The highest BCUT2D eigenvalue weighted by Gasteiger charge is 2.46. The summed E-state index contributed by atoms with van der Waals surface area (Å²) in [4.78, 5) is 16.0. The fraction of sp³-hybridized carbons (Fsp3) is 0.647. The zero-order chi connectivity index (χ0) is 18.7. The molecule has 0 saturated heterocycles. The molecule has 0 aliphatic heterocycles.